The Balaban J connectivity index is 1.63. The topological polar surface area (TPSA) is 107 Å². The lowest BCUT2D eigenvalue weighted by molar-refractivity contribution is -0.384. The summed E-state index contributed by atoms with van der Waals surface area (Å²) in [7, 11) is 0. The van der Waals surface area contributed by atoms with Crippen LogP contribution in [0, 0.1) is 17.0 Å². The molecule has 1 heterocycles. The van der Waals surface area contributed by atoms with Gasteiger partial charge in [-0.15, -0.1) is 0 Å². The molecule has 30 heavy (non-hydrogen) atoms. The Labute approximate surface area is 188 Å². The van der Waals surface area contributed by atoms with Crippen molar-refractivity contribution < 1.29 is 18.9 Å². The molecule has 0 saturated carbocycles. The van der Waals surface area contributed by atoms with E-state index < -0.39 is 10.8 Å². The molecule has 0 radical (unpaired) electrons. The van der Waals surface area contributed by atoms with E-state index in [1.165, 1.54) is 18.3 Å². The number of nitro benzene ring substituents is 1. The van der Waals surface area contributed by atoms with Crippen LogP contribution in [0.25, 0.3) is 0 Å². The fourth-order valence-electron chi connectivity index (χ4n) is 2.44. The minimum atomic E-state index is -0.448. The maximum atomic E-state index is 11.9. The maximum absolute atomic E-state index is 11.9. The van der Waals surface area contributed by atoms with Crippen molar-refractivity contribution in [1.82, 2.24) is 5.43 Å². The number of rotatable bonds is 7. The molecule has 1 aromatic heterocycles. The van der Waals surface area contributed by atoms with Crippen LogP contribution in [0.2, 0.25) is 0 Å². The number of carbonyl (C=O) groups excluding carboxylic acids is 1. The highest BCUT2D eigenvalue weighted by atomic mass is 79.9. The van der Waals surface area contributed by atoms with Crippen LogP contribution in [0.15, 0.2) is 67.0 Å². The molecule has 1 amide bonds. The van der Waals surface area contributed by atoms with E-state index in [-0.39, 0.29) is 18.1 Å². The molecule has 3 rings (SSSR count). The number of nitrogens with zero attached hydrogens (tertiary/aromatic N) is 2. The zero-order valence-corrected chi connectivity index (χ0v) is 18.8. The summed E-state index contributed by atoms with van der Waals surface area (Å²) in [6.07, 6.45) is 1.49. The number of aryl methyl sites for hydroxylation is 1. The fourth-order valence-corrected chi connectivity index (χ4v) is 3.89. The van der Waals surface area contributed by atoms with Crippen molar-refractivity contribution in [2.24, 2.45) is 5.10 Å². The van der Waals surface area contributed by atoms with E-state index in [0.717, 1.165) is 5.56 Å². The number of hydrogen-bond acceptors (Lipinski definition) is 6. The SMILES string of the molecule is Cc1ccc(C(=O)N/N=C\c2cc(Br)c(OCc3ccc([N+](=O)[O-])cc3)c(Br)c2)o1. The van der Waals surface area contributed by atoms with Crippen LogP contribution >= 0.6 is 31.9 Å². The predicted octanol–water partition coefficient (Wildman–Crippen LogP) is 5.36. The molecule has 8 nitrogen and oxygen atoms in total. The number of benzene rings is 2. The molecular weight excluding hydrogens is 522 g/mol. The van der Waals surface area contributed by atoms with Gasteiger partial charge in [-0.05, 0) is 86.3 Å². The van der Waals surface area contributed by atoms with Crippen LogP contribution < -0.4 is 10.2 Å². The Morgan fingerprint density at radius 3 is 2.43 bits per heavy atom. The molecule has 0 aliphatic carbocycles. The van der Waals surface area contributed by atoms with E-state index >= 15 is 0 Å². The second-order valence-corrected chi connectivity index (χ2v) is 7.84. The summed E-state index contributed by atoms with van der Waals surface area (Å²) in [5.41, 5.74) is 3.93. The van der Waals surface area contributed by atoms with Gasteiger partial charge in [0.25, 0.3) is 5.69 Å². The van der Waals surface area contributed by atoms with Crippen molar-refractivity contribution in [3.8, 4) is 5.75 Å². The Morgan fingerprint density at radius 1 is 1.20 bits per heavy atom. The minimum Gasteiger partial charge on any atom is -0.487 e. The van der Waals surface area contributed by atoms with Crippen LogP contribution in [0.4, 0.5) is 5.69 Å². The molecule has 0 aliphatic rings. The summed E-state index contributed by atoms with van der Waals surface area (Å²) < 4.78 is 12.4. The van der Waals surface area contributed by atoms with Gasteiger partial charge in [0.2, 0.25) is 0 Å². The third kappa shape index (κ3) is 5.55. The number of carbonyl (C=O) groups is 1. The van der Waals surface area contributed by atoms with Crippen molar-refractivity contribution in [2.45, 2.75) is 13.5 Å². The van der Waals surface area contributed by atoms with Crippen LogP contribution in [0.3, 0.4) is 0 Å². The van der Waals surface area contributed by atoms with Crippen LogP contribution in [-0.2, 0) is 6.61 Å². The van der Waals surface area contributed by atoms with Gasteiger partial charge in [0, 0.05) is 12.1 Å². The highest BCUT2D eigenvalue weighted by Crippen LogP contribution is 2.35. The first-order valence-electron chi connectivity index (χ1n) is 8.58. The molecule has 0 spiro atoms. The van der Waals surface area contributed by atoms with Crippen molar-refractivity contribution in [1.29, 1.82) is 0 Å². The number of non-ortho nitro benzene ring substituents is 1. The van der Waals surface area contributed by atoms with Gasteiger partial charge in [-0.2, -0.15) is 5.10 Å². The summed E-state index contributed by atoms with van der Waals surface area (Å²) in [4.78, 5) is 22.2. The van der Waals surface area contributed by atoms with E-state index in [2.05, 4.69) is 42.4 Å². The third-order valence-electron chi connectivity index (χ3n) is 3.89. The highest BCUT2D eigenvalue weighted by molar-refractivity contribution is 9.11. The number of halogens is 2. The number of hydrazone groups is 1. The summed E-state index contributed by atoms with van der Waals surface area (Å²) >= 11 is 6.91. The first-order valence-corrected chi connectivity index (χ1v) is 10.2. The molecule has 0 bridgehead atoms. The Bertz CT molecular complexity index is 1090. The van der Waals surface area contributed by atoms with Crippen LogP contribution in [0.5, 0.6) is 5.75 Å². The molecule has 1 N–H and O–H groups in total. The monoisotopic (exact) mass is 535 g/mol. The average Bonchev–Trinajstić information content (AvgIpc) is 3.14. The second kappa shape index (κ2) is 9.68. The number of nitrogens with one attached hydrogen (secondary N) is 1. The van der Waals surface area contributed by atoms with Gasteiger partial charge in [0.05, 0.1) is 20.1 Å². The Hall–Kier alpha value is -2.98. The lowest BCUT2D eigenvalue weighted by atomic mass is 10.2. The number of amides is 1. The van der Waals surface area contributed by atoms with Gasteiger partial charge in [-0.3, -0.25) is 14.9 Å². The van der Waals surface area contributed by atoms with Crippen molar-refractivity contribution in [2.75, 3.05) is 0 Å². The van der Waals surface area contributed by atoms with Gasteiger partial charge in [-0.1, -0.05) is 0 Å². The first kappa shape index (κ1) is 21.7. The van der Waals surface area contributed by atoms with E-state index in [4.69, 9.17) is 9.15 Å². The van der Waals surface area contributed by atoms with Gasteiger partial charge in [-0.25, -0.2) is 5.43 Å². The van der Waals surface area contributed by atoms with Gasteiger partial charge >= 0.3 is 5.91 Å². The van der Waals surface area contributed by atoms with Crippen LogP contribution in [0.1, 0.15) is 27.4 Å². The Morgan fingerprint density at radius 2 is 1.87 bits per heavy atom. The highest BCUT2D eigenvalue weighted by Gasteiger charge is 2.11. The predicted molar refractivity (Wildman–Crippen MR) is 118 cm³/mol. The summed E-state index contributed by atoms with van der Waals surface area (Å²) in [5.74, 6) is 0.949. The average molecular weight is 537 g/mol. The molecular formula is C20H15Br2N3O5. The summed E-state index contributed by atoms with van der Waals surface area (Å²) in [6.45, 7) is 1.99. The fraction of sp³-hybridized carbons (Fsp3) is 0.100. The van der Waals surface area contributed by atoms with Crippen LogP contribution in [-0.4, -0.2) is 17.0 Å². The second-order valence-electron chi connectivity index (χ2n) is 6.14. The van der Waals surface area contributed by atoms with Gasteiger partial charge in [0.15, 0.2) is 5.76 Å². The number of furan rings is 1. The normalized spacial score (nSPS) is 10.9. The molecule has 0 saturated heterocycles. The third-order valence-corrected chi connectivity index (χ3v) is 5.07. The first-order chi connectivity index (χ1) is 14.3. The molecule has 10 heteroatoms. The molecule has 3 aromatic rings. The zero-order valence-electron chi connectivity index (χ0n) is 15.6. The maximum Gasteiger partial charge on any atom is 0.307 e. The zero-order chi connectivity index (χ0) is 21.7. The Kier molecular flexibility index (Phi) is 7.01. The molecule has 0 fully saturated rings. The van der Waals surface area contributed by atoms with E-state index in [1.54, 1.807) is 43.3 Å². The van der Waals surface area contributed by atoms with Crippen molar-refractivity contribution in [3.05, 3.63) is 90.2 Å². The summed E-state index contributed by atoms with van der Waals surface area (Å²) in [5, 5.41) is 14.7. The molecule has 154 valence electrons. The minimum absolute atomic E-state index is 0.0269. The number of ether oxygens (including phenoxy) is 1. The van der Waals surface area contributed by atoms with Crippen molar-refractivity contribution >= 4 is 49.7 Å². The van der Waals surface area contributed by atoms with Gasteiger partial charge in [0.1, 0.15) is 18.1 Å². The summed E-state index contributed by atoms with van der Waals surface area (Å²) in [6, 6.07) is 13.0. The number of nitro groups is 1. The van der Waals surface area contributed by atoms with E-state index in [0.29, 0.717) is 26.0 Å². The quantitative estimate of drug-likeness (QED) is 0.248. The largest absolute Gasteiger partial charge is 0.487 e. The van der Waals surface area contributed by atoms with E-state index in [1.807, 2.05) is 0 Å². The lowest BCUT2D eigenvalue weighted by Gasteiger charge is -2.11. The molecule has 2 aromatic carbocycles. The van der Waals surface area contributed by atoms with E-state index in [9.17, 15) is 14.9 Å². The van der Waals surface area contributed by atoms with Crippen molar-refractivity contribution in [3.63, 3.8) is 0 Å². The standard InChI is InChI=1S/C20H15Br2N3O5/c1-12-2-7-18(30-12)20(26)24-23-10-14-8-16(21)19(17(22)9-14)29-11-13-3-5-15(6-4-13)25(27)28/h2-10H,11H2,1H3,(H,24,26)/b23-10-. The molecule has 0 aliphatic heterocycles. The lowest BCUT2D eigenvalue weighted by Crippen LogP contribution is -2.16. The smallest absolute Gasteiger partial charge is 0.307 e. The molecule has 0 unspecified atom stereocenters. The molecule has 0 atom stereocenters. The number of hydrogen-bond donors (Lipinski definition) is 1. The van der Waals surface area contributed by atoms with Gasteiger partial charge < -0.3 is 9.15 Å².